The lowest BCUT2D eigenvalue weighted by Gasteiger charge is -2.14. The van der Waals surface area contributed by atoms with Crippen molar-refractivity contribution >= 4 is 16.6 Å². The van der Waals surface area contributed by atoms with Gasteiger partial charge in [-0.3, -0.25) is 24.5 Å². The highest BCUT2D eigenvalue weighted by molar-refractivity contribution is 5.84. The lowest BCUT2D eigenvalue weighted by molar-refractivity contribution is -0.386. The van der Waals surface area contributed by atoms with Crippen LogP contribution < -0.4 is 5.56 Å². The van der Waals surface area contributed by atoms with Gasteiger partial charge in [0.05, 0.1) is 17.0 Å². The van der Waals surface area contributed by atoms with Crippen molar-refractivity contribution in [2.75, 3.05) is 0 Å². The van der Waals surface area contributed by atoms with Crippen LogP contribution in [0.2, 0.25) is 0 Å². The fourth-order valence-corrected chi connectivity index (χ4v) is 4.39. The second kappa shape index (κ2) is 9.49. The van der Waals surface area contributed by atoms with Gasteiger partial charge in [-0.25, -0.2) is 0 Å². The average molecular weight is 482 g/mol. The number of aromatic nitrogens is 6. The molecule has 5 rings (SSSR count). The molecule has 0 unspecified atom stereocenters. The van der Waals surface area contributed by atoms with Crippen LogP contribution >= 0.6 is 0 Å². The summed E-state index contributed by atoms with van der Waals surface area (Å²) in [6, 6.07) is 18.7. The molecule has 0 spiro atoms. The van der Waals surface area contributed by atoms with Gasteiger partial charge in [0.2, 0.25) is 5.82 Å². The molecule has 2 aromatic carbocycles. The third-order valence-electron chi connectivity index (χ3n) is 6.22. The predicted molar refractivity (Wildman–Crippen MR) is 136 cm³/mol. The van der Waals surface area contributed by atoms with Crippen LogP contribution in [-0.2, 0) is 19.4 Å². The van der Waals surface area contributed by atoms with Crippen molar-refractivity contribution < 1.29 is 4.92 Å². The van der Waals surface area contributed by atoms with Crippen molar-refractivity contribution in [2.24, 2.45) is 0 Å². The van der Waals surface area contributed by atoms with Crippen LogP contribution in [0.5, 0.6) is 0 Å². The van der Waals surface area contributed by atoms with Crippen LogP contribution in [0.4, 0.5) is 5.69 Å². The maximum atomic E-state index is 13.2. The highest BCUT2D eigenvalue weighted by Gasteiger charge is 2.21. The number of hydrogen-bond donors (Lipinski definition) is 1. The van der Waals surface area contributed by atoms with Crippen LogP contribution in [0.15, 0.2) is 65.5 Å². The average Bonchev–Trinajstić information content (AvgIpc) is 3.44. The monoisotopic (exact) mass is 481 g/mol. The zero-order chi connectivity index (χ0) is 25.2. The van der Waals surface area contributed by atoms with Crippen molar-refractivity contribution in [3.8, 4) is 22.5 Å². The first-order valence-corrected chi connectivity index (χ1v) is 11.6. The van der Waals surface area contributed by atoms with Crippen LogP contribution in [0.3, 0.4) is 0 Å². The Morgan fingerprint density at radius 3 is 2.39 bits per heavy atom. The third-order valence-corrected chi connectivity index (χ3v) is 6.22. The number of aryl methyl sites for hydroxylation is 2. The molecular formula is C26H23N7O3. The van der Waals surface area contributed by atoms with Crippen molar-refractivity contribution in [2.45, 2.75) is 33.2 Å². The van der Waals surface area contributed by atoms with Gasteiger partial charge in [0, 0.05) is 28.4 Å². The normalized spacial score (nSPS) is 11.2. The molecular weight excluding hydrogens is 458 g/mol. The summed E-state index contributed by atoms with van der Waals surface area (Å²) in [4.78, 5) is 28.9. The first-order valence-electron chi connectivity index (χ1n) is 11.6. The summed E-state index contributed by atoms with van der Waals surface area (Å²) >= 11 is 0. The molecule has 0 aliphatic carbocycles. The van der Waals surface area contributed by atoms with E-state index in [1.807, 2.05) is 68.4 Å². The molecule has 0 bridgehead atoms. The van der Waals surface area contributed by atoms with Gasteiger partial charge >= 0.3 is 11.2 Å². The van der Waals surface area contributed by atoms with Gasteiger partial charge in [0.25, 0.3) is 0 Å². The molecule has 10 heteroatoms. The number of H-pyrrole nitrogens is 1. The number of fused-ring (bicyclic) bond motifs is 1. The quantitative estimate of drug-likeness (QED) is 0.270. The van der Waals surface area contributed by atoms with E-state index in [1.54, 1.807) is 0 Å². The predicted octanol–water partition coefficient (Wildman–Crippen LogP) is 4.32. The fourth-order valence-electron chi connectivity index (χ4n) is 4.39. The van der Waals surface area contributed by atoms with Gasteiger partial charge in [-0.05, 0) is 40.8 Å². The largest absolute Gasteiger partial charge is 0.334 e. The number of benzene rings is 2. The molecule has 1 N–H and O–H groups in total. The summed E-state index contributed by atoms with van der Waals surface area (Å²) in [6.45, 7) is 4.14. The van der Waals surface area contributed by atoms with Crippen LogP contribution in [0, 0.1) is 10.1 Å². The smallest absolute Gasteiger partial charge is 0.298 e. The number of nitro groups is 1. The second-order valence-corrected chi connectivity index (χ2v) is 8.36. The molecule has 10 nitrogen and oxygen atoms in total. The topological polar surface area (TPSA) is 132 Å². The molecule has 0 fully saturated rings. The molecule has 0 radical (unpaired) electrons. The molecule has 0 saturated heterocycles. The van der Waals surface area contributed by atoms with E-state index in [9.17, 15) is 14.9 Å². The van der Waals surface area contributed by atoms with Gasteiger partial charge in [-0.1, -0.05) is 62.4 Å². The fraction of sp³-hybridized carbons (Fsp3) is 0.192. The van der Waals surface area contributed by atoms with E-state index in [1.165, 1.54) is 10.6 Å². The van der Waals surface area contributed by atoms with E-state index in [-0.39, 0.29) is 6.54 Å². The third kappa shape index (κ3) is 4.13. The molecule has 36 heavy (non-hydrogen) atoms. The Balaban J connectivity index is 1.59. The molecule has 0 saturated carbocycles. The van der Waals surface area contributed by atoms with Gasteiger partial charge in [-0.15, -0.1) is 10.2 Å². The van der Waals surface area contributed by atoms with Crippen LogP contribution in [0.25, 0.3) is 33.4 Å². The Bertz CT molecular complexity index is 1620. The van der Waals surface area contributed by atoms with Gasteiger partial charge in [-0.2, -0.15) is 5.21 Å². The Kier molecular flexibility index (Phi) is 6.07. The van der Waals surface area contributed by atoms with E-state index < -0.39 is 16.2 Å². The molecule has 3 aromatic heterocycles. The SMILES string of the molecule is CCc1cc2c(cc([N+](=O)[O-])c(=O)n2Cc2ccc(-c3ccccc3-c3nn[nH]n3)cc2)c(CC)n1. The Morgan fingerprint density at radius 2 is 1.75 bits per heavy atom. The Hall–Kier alpha value is -4.73. The minimum atomic E-state index is -0.630. The van der Waals surface area contributed by atoms with E-state index >= 15 is 0 Å². The summed E-state index contributed by atoms with van der Waals surface area (Å²) < 4.78 is 1.48. The maximum Gasteiger partial charge on any atom is 0.334 e. The van der Waals surface area contributed by atoms with E-state index in [4.69, 9.17) is 0 Å². The molecule has 180 valence electrons. The van der Waals surface area contributed by atoms with Crippen LogP contribution in [0.1, 0.15) is 30.8 Å². The Morgan fingerprint density at radius 1 is 1.00 bits per heavy atom. The van der Waals surface area contributed by atoms with Gasteiger partial charge < -0.3 is 0 Å². The number of aromatic amines is 1. The minimum absolute atomic E-state index is 0.195. The van der Waals surface area contributed by atoms with E-state index in [2.05, 4.69) is 25.6 Å². The summed E-state index contributed by atoms with van der Waals surface area (Å²) in [5.41, 5.74) is 4.73. The highest BCUT2D eigenvalue weighted by atomic mass is 16.6. The van der Waals surface area contributed by atoms with E-state index in [0.717, 1.165) is 33.6 Å². The lowest BCUT2D eigenvalue weighted by Crippen LogP contribution is -2.24. The first kappa shape index (κ1) is 23.0. The molecule has 0 atom stereocenters. The molecule has 5 aromatic rings. The highest BCUT2D eigenvalue weighted by Crippen LogP contribution is 2.30. The van der Waals surface area contributed by atoms with Gasteiger partial charge in [0.15, 0.2) is 0 Å². The second-order valence-electron chi connectivity index (χ2n) is 8.36. The lowest BCUT2D eigenvalue weighted by atomic mass is 9.98. The number of rotatable bonds is 7. The van der Waals surface area contributed by atoms with Crippen molar-refractivity contribution in [3.05, 3.63) is 98.1 Å². The maximum absolute atomic E-state index is 13.2. The standard InChI is InChI=1S/C26H23N7O3/c1-3-18-13-23-21(22(4-2)27-18)14-24(33(35)36)26(34)32(23)15-16-9-11-17(12-10-16)19-7-5-6-8-20(19)25-28-30-31-29-25/h5-14H,3-4,15H2,1-2H3,(H,28,29,30,31). The van der Waals surface area contributed by atoms with Gasteiger partial charge in [0.1, 0.15) is 0 Å². The summed E-state index contributed by atoms with van der Waals surface area (Å²) in [5, 5.41) is 26.6. The zero-order valence-corrected chi connectivity index (χ0v) is 19.8. The van der Waals surface area contributed by atoms with Crippen molar-refractivity contribution in [1.82, 2.24) is 30.2 Å². The number of tetrazole rings is 1. The summed E-state index contributed by atoms with van der Waals surface area (Å²) in [7, 11) is 0. The number of nitrogens with zero attached hydrogens (tertiary/aromatic N) is 6. The molecule has 0 amide bonds. The number of hydrogen-bond acceptors (Lipinski definition) is 7. The molecule has 3 heterocycles. The van der Waals surface area contributed by atoms with E-state index in [0.29, 0.717) is 29.6 Å². The van der Waals surface area contributed by atoms with Crippen LogP contribution in [-0.4, -0.2) is 35.1 Å². The van der Waals surface area contributed by atoms with Crippen molar-refractivity contribution in [3.63, 3.8) is 0 Å². The molecule has 0 aliphatic rings. The summed E-state index contributed by atoms with van der Waals surface area (Å²) in [6.07, 6.45) is 1.30. The minimum Gasteiger partial charge on any atom is -0.298 e. The number of nitrogens with one attached hydrogen (secondary N) is 1. The zero-order valence-electron chi connectivity index (χ0n) is 19.8. The molecule has 0 aliphatic heterocycles. The Labute approximate surface area is 205 Å². The first-order chi connectivity index (χ1) is 17.5. The number of pyridine rings is 2. The van der Waals surface area contributed by atoms with Crippen molar-refractivity contribution in [1.29, 1.82) is 0 Å². The summed E-state index contributed by atoms with van der Waals surface area (Å²) in [5.74, 6) is 0.497.